The lowest BCUT2D eigenvalue weighted by atomic mass is 10.2. The number of nitrogens with one attached hydrogen (secondary N) is 1. The van der Waals surface area contributed by atoms with Gasteiger partial charge in [-0.15, -0.1) is 0 Å². The van der Waals surface area contributed by atoms with Crippen molar-refractivity contribution in [3.8, 4) is 0 Å². The fourth-order valence-electron chi connectivity index (χ4n) is 2.60. The molecule has 0 spiro atoms. The number of rotatable bonds is 4. The van der Waals surface area contributed by atoms with Gasteiger partial charge in [0.15, 0.2) is 0 Å². The number of benzene rings is 2. The standard InChI is InChI=1S/C17H17NO3S/c1-12-6-8-13(9-7-12)22(20,21)17-14-4-2-3-5-15(14)18-16(17)10-11-19/h2-9,18-19H,10-11H2,1H3. The fourth-order valence-corrected chi connectivity index (χ4v) is 4.28. The van der Waals surface area contributed by atoms with Crippen LogP contribution in [0.5, 0.6) is 0 Å². The molecule has 0 atom stereocenters. The Morgan fingerprint density at radius 3 is 2.41 bits per heavy atom. The summed E-state index contributed by atoms with van der Waals surface area (Å²) in [6.45, 7) is 1.81. The van der Waals surface area contributed by atoms with E-state index in [0.29, 0.717) is 11.1 Å². The minimum absolute atomic E-state index is 0.108. The molecular weight excluding hydrogens is 298 g/mol. The molecule has 0 fully saturated rings. The minimum atomic E-state index is -3.63. The number of aromatic amines is 1. The van der Waals surface area contributed by atoms with Gasteiger partial charge in [-0.2, -0.15) is 0 Å². The summed E-state index contributed by atoms with van der Waals surface area (Å²) in [4.78, 5) is 3.64. The molecule has 3 aromatic rings. The molecule has 0 radical (unpaired) electrons. The third-order valence-corrected chi connectivity index (χ3v) is 5.59. The number of fused-ring (bicyclic) bond motifs is 1. The summed E-state index contributed by atoms with van der Waals surface area (Å²) < 4.78 is 26.0. The van der Waals surface area contributed by atoms with Gasteiger partial charge < -0.3 is 10.1 Å². The second kappa shape index (κ2) is 5.59. The third kappa shape index (κ3) is 2.42. The largest absolute Gasteiger partial charge is 0.396 e. The molecule has 4 nitrogen and oxygen atoms in total. The SMILES string of the molecule is Cc1ccc(S(=O)(=O)c2c(CCO)[nH]c3ccccc23)cc1. The van der Waals surface area contributed by atoms with Gasteiger partial charge in [0.25, 0.3) is 0 Å². The van der Waals surface area contributed by atoms with Crippen LogP contribution in [0.1, 0.15) is 11.3 Å². The van der Waals surface area contributed by atoms with Crippen molar-refractivity contribution in [1.82, 2.24) is 4.98 Å². The first-order valence-electron chi connectivity index (χ1n) is 7.06. The predicted molar refractivity (Wildman–Crippen MR) is 85.7 cm³/mol. The van der Waals surface area contributed by atoms with E-state index in [1.807, 2.05) is 25.1 Å². The molecule has 0 bridgehead atoms. The highest BCUT2D eigenvalue weighted by Gasteiger charge is 2.25. The zero-order valence-electron chi connectivity index (χ0n) is 12.2. The average molecular weight is 315 g/mol. The Morgan fingerprint density at radius 1 is 1.05 bits per heavy atom. The number of para-hydroxylation sites is 1. The highest BCUT2D eigenvalue weighted by atomic mass is 32.2. The number of aromatic nitrogens is 1. The molecule has 2 N–H and O–H groups in total. The molecule has 0 aliphatic rings. The van der Waals surface area contributed by atoms with Gasteiger partial charge in [0.1, 0.15) is 4.90 Å². The third-order valence-electron chi connectivity index (χ3n) is 3.69. The van der Waals surface area contributed by atoms with Crippen molar-refractivity contribution >= 4 is 20.7 Å². The summed E-state index contributed by atoms with van der Waals surface area (Å²) in [6, 6.07) is 14.1. The number of sulfone groups is 1. The molecule has 22 heavy (non-hydrogen) atoms. The van der Waals surface area contributed by atoms with Crippen molar-refractivity contribution in [2.24, 2.45) is 0 Å². The Hall–Kier alpha value is -2.11. The second-order valence-corrected chi connectivity index (χ2v) is 7.15. The van der Waals surface area contributed by atoms with Crippen molar-refractivity contribution in [2.45, 2.75) is 23.1 Å². The van der Waals surface area contributed by atoms with E-state index >= 15 is 0 Å². The molecule has 0 amide bonds. The summed E-state index contributed by atoms with van der Waals surface area (Å²) >= 11 is 0. The molecule has 5 heteroatoms. The number of hydrogen-bond donors (Lipinski definition) is 2. The van der Waals surface area contributed by atoms with Gasteiger partial charge in [-0.05, 0) is 25.1 Å². The van der Waals surface area contributed by atoms with Crippen molar-refractivity contribution in [2.75, 3.05) is 6.61 Å². The Kier molecular flexibility index (Phi) is 3.76. The highest BCUT2D eigenvalue weighted by molar-refractivity contribution is 7.91. The molecule has 0 unspecified atom stereocenters. The average Bonchev–Trinajstić information content (AvgIpc) is 2.86. The van der Waals surface area contributed by atoms with Crippen LogP contribution in [0, 0.1) is 6.92 Å². The summed E-state index contributed by atoms with van der Waals surface area (Å²) in [6.07, 6.45) is 0.273. The van der Waals surface area contributed by atoms with Gasteiger partial charge in [0, 0.05) is 29.6 Å². The van der Waals surface area contributed by atoms with Crippen LogP contribution in [0.25, 0.3) is 10.9 Å². The smallest absolute Gasteiger partial charge is 0.208 e. The van der Waals surface area contributed by atoms with E-state index in [-0.39, 0.29) is 22.8 Å². The number of hydrogen-bond acceptors (Lipinski definition) is 3. The summed E-state index contributed by atoms with van der Waals surface area (Å²) in [5.74, 6) is 0. The van der Waals surface area contributed by atoms with Crippen LogP contribution >= 0.6 is 0 Å². The van der Waals surface area contributed by atoms with E-state index in [2.05, 4.69) is 4.98 Å². The topological polar surface area (TPSA) is 70.2 Å². The molecular formula is C17H17NO3S. The summed E-state index contributed by atoms with van der Waals surface area (Å²) in [7, 11) is -3.63. The minimum Gasteiger partial charge on any atom is -0.396 e. The van der Waals surface area contributed by atoms with E-state index in [9.17, 15) is 13.5 Å². The van der Waals surface area contributed by atoms with Gasteiger partial charge >= 0.3 is 0 Å². The van der Waals surface area contributed by atoms with Crippen molar-refractivity contribution in [3.63, 3.8) is 0 Å². The van der Waals surface area contributed by atoms with Crippen LogP contribution in [0.2, 0.25) is 0 Å². The molecule has 0 saturated heterocycles. The molecule has 1 heterocycles. The number of aliphatic hydroxyl groups excluding tert-OH is 1. The van der Waals surface area contributed by atoms with E-state index in [1.54, 1.807) is 30.3 Å². The summed E-state index contributed by atoms with van der Waals surface area (Å²) in [5, 5.41) is 9.89. The zero-order chi connectivity index (χ0) is 15.7. The first-order valence-corrected chi connectivity index (χ1v) is 8.54. The van der Waals surface area contributed by atoms with Crippen molar-refractivity contribution < 1.29 is 13.5 Å². The van der Waals surface area contributed by atoms with Gasteiger partial charge in [0.05, 0.1) is 4.90 Å². The van der Waals surface area contributed by atoms with E-state index in [0.717, 1.165) is 11.1 Å². The van der Waals surface area contributed by atoms with Crippen LogP contribution in [-0.4, -0.2) is 25.1 Å². The molecule has 0 aliphatic heterocycles. The number of aryl methyl sites for hydroxylation is 1. The predicted octanol–water partition coefficient (Wildman–Crippen LogP) is 2.84. The van der Waals surface area contributed by atoms with Crippen LogP contribution in [0.15, 0.2) is 58.3 Å². The first-order chi connectivity index (χ1) is 10.5. The van der Waals surface area contributed by atoms with E-state index < -0.39 is 9.84 Å². The van der Waals surface area contributed by atoms with Crippen molar-refractivity contribution in [3.05, 3.63) is 59.8 Å². The Balaban J connectivity index is 2.27. The maximum Gasteiger partial charge on any atom is 0.208 e. The normalized spacial score (nSPS) is 11.9. The van der Waals surface area contributed by atoms with Gasteiger partial charge in [-0.3, -0.25) is 0 Å². The van der Waals surface area contributed by atoms with Gasteiger partial charge in [-0.25, -0.2) is 8.42 Å². The lowest BCUT2D eigenvalue weighted by molar-refractivity contribution is 0.297. The van der Waals surface area contributed by atoms with Crippen LogP contribution in [0.3, 0.4) is 0 Å². The van der Waals surface area contributed by atoms with Gasteiger partial charge in [-0.1, -0.05) is 35.9 Å². The van der Waals surface area contributed by atoms with E-state index in [1.165, 1.54) is 0 Å². The lowest BCUT2D eigenvalue weighted by Crippen LogP contribution is -2.06. The first kappa shape index (κ1) is 14.8. The molecule has 3 rings (SSSR count). The Bertz CT molecular complexity index is 909. The maximum absolute atomic E-state index is 13.0. The van der Waals surface area contributed by atoms with Gasteiger partial charge in [0.2, 0.25) is 9.84 Å². The lowest BCUT2D eigenvalue weighted by Gasteiger charge is -2.07. The second-order valence-electron chi connectivity index (χ2n) is 5.27. The monoisotopic (exact) mass is 315 g/mol. The quantitative estimate of drug-likeness (QED) is 0.778. The van der Waals surface area contributed by atoms with E-state index in [4.69, 9.17) is 0 Å². The fraction of sp³-hybridized carbons (Fsp3) is 0.176. The molecule has 2 aromatic carbocycles. The molecule has 114 valence electrons. The Morgan fingerprint density at radius 2 is 1.73 bits per heavy atom. The van der Waals surface area contributed by atoms with Crippen LogP contribution in [0.4, 0.5) is 0 Å². The molecule has 0 saturated carbocycles. The zero-order valence-corrected chi connectivity index (χ0v) is 13.0. The number of aliphatic hydroxyl groups is 1. The highest BCUT2D eigenvalue weighted by Crippen LogP contribution is 2.32. The Labute approximate surface area is 129 Å². The number of H-pyrrole nitrogens is 1. The maximum atomic E-state index is 13.0. The molecule has 0 aliphatic carbocycles. The van der Waals surface area contributed by atoms with Crippen LogP contribution < -0.4 is 0 Å². The summed E-state index contributed by atoms with van der Waals surface area (Å²) in [5.41, 5.74) is 2.31. The molecule has 1 aromatic heterocycles. The van der Waals surface area contributed by atoms with Crippen LogP contribution in [-0.2, 0) is 16.3 Å². The van der Waals surface area contributed by atoms with Crippen molar-refractivity contribution in [1.29, 1.82) is 0 Å².